The van der Waals surface area contributed by atoms with Crippen molar-refractivity contribution in [1.82, 2.24) is 10.6 Å². The summed E-state index contributed by atoms with van der Waals surface area (Å²) in [7, 11) is 1.54. The molecule has 3 N–H and O–H groups in total. The van der Waals surface area contributed by atoms with Crippen molar-refractivity contribution in [3.8, 4) is 0 Å². The van der Waals surface area contributed by atoms with E-state index in [9.17, 15) is 9.59 Å². The smallest absolute Gasteiger partial charge is 0.330 e. The van der Waals surface area contributed by atoms with Crippen LogP contribution in [0.5, 0.6) is 0 Å². The van der Waals surface area contributed by atoms with Gasteiger partial charge in [0.15, 0.2) is 6.04 Å². The van der Waals surface area contributed by atoms with E-state index in [0.717, 1.165) is 0 Å². The summed E-state index contributed by atoms with van der Waals surface area (Å²) in [6.45, 7) is 2.11. The van der Waals surface area contributed by atoms with Gasteiger partial charge in [-0.1, -0.05) is 30.3 Å². The van der Waals surface area contributed by atoms with Crippen LogP contribution in [-0.2, 0) is 9.53 Å². The maximum absolute atomic E-state index is 11.6. The molecule has 1 aromatic carbocycles. The van der Waals surface area contributed by atoms with Crippen LogP contribution < -0.4 is 10.6 Å². The van der Waals surface area contributed by atoms with Crippen LogP contribution in [0.2, 0.25) is 0 Å². The zero-order valence-corrected chi connectivity index (χ0v) is 10.9. The van der Waals surface area contributed by atoms with Gasteiger partial charge < -0.3 is 20.5 Å². The van der Waals surface area contributed by atoms with Gasteiger partial charge in [-0.05, 0) is 12.5 Å². The topological polar surface area (TPSA) is 87.7 Å². The highest BCUT2D eigenvalue weighted by Gasteiger charge is 2.21. The van der Waals surface area contributed by atoms with E-state index in [1.807, 2.05) is 0 Å². The first-order valence-corrected chi connectivity index (χ1v) is 5.89. The highest BCUT2D eigenvalue weighted by Crippen LogP contribution is 2.12. The summed E-state index contributed by atoms with van der Waals surface area (Å²) in [5.41, 5.74) is 0.518. The van der Waals surface area contributed by atoms with E-state index >= 15 is 0 Å². The van der Waals surface area contributed by atoms with Crippen molar-refractivity contribution in [2.75, 3.05) is 13.7 Å². The third kappa shape index (κ3) is 4.97. The molecule has 0 saturated carbocycles. The quantitative estimate of drug-likeness (QED) is 0.720. The van der Waals surface area contributed by atoms with E-state index in [1.54, 1.807) is 37.3 Å². The summed E-state index contributed by atoms with van der Waals surface area (Å²) in [6, 6.07) is 6.91. The Morgan fingerprint density at radius 1 is 1.32 bits per heavy atom. The summed E-state index contributed by atoms with van der Waals surface area (Å²) in [4.78, 5) is 22.8. The molecule has 0 saturated heterocycles. The van der Waals surface area contributed by atoms with E-state index in [4.69, 9.17) is 9.84 Å². The first-order valence-electron chi connectivity index (χ1n) is 5.89. The molecule has 0 heterocycles. The molecule has 2 amide bonds. The van der Waals surface area contributed by atoms with E-state index in [0.29, 0.717) is 12.1 Å². The van der Waals surface area contributed by atoms with E-state index in [-0.39, 0.29) is 6.10 Å². The van der Waals surface area contributed by atoms with E-state index in [1.165, 1.54) is 7.11 Å². The number of benzene rings is 1. The lowest BCUT2D eigenvalue weighted by atomic mass is 10.1. The molecule has 2 unspecified atom stereocenters. The Bertz CT molecular complexity index is 422. The lowest BCUT2D eigenvalue weighted by Gasteiger charge is -2.16. The Labute approximate surface area is 111 Å². The first-order chi connectivity index (χ1) is 9.04. The molecule has 6 heteroatoms. The Morgan fingerprint density at radius 2 is 1.95 bits per heavy atom. The number of hydrogen-bond acceptors (Lipinski definition) is 3. The van der Waals surface area contributed by atoms with Crippen LogP contribution in [0.3, 0.4) is 0 Å². The number of carboxylic acids is 1. The number of urea groups is 1. The average molecular weight is 266 g/mol. The van der Waals surface area contributed by atoms with Gasteiger partial charge in [0, 0.05) is 13.7 Å². The number of aliphatic carboxylic acids is 1. The van der Waals surface area contributed by atoms with Gasteiger partial charge in [-0.25, -0.2) is 9.59 Å². The van der Waals surface area contributed by atoms with Crippen LogP contribution >= 0.6 is 0 Å². The van der Waals surface area contributed by atoms with Crippen LogP contribution in [-0.4, -0.2) is 36.9 Å². The normalized spacial score (nSPS) is 13.4. The summed E-state index contributed by atoms with van der Waals surface area (Å²) in [6.07, 6.45) is -0.134. The fraction of sp³-hybridized carbons (Fsp3) is 0.385. The molecular formula is C13H18N2O4. The fourth-order valence-electron chi connectivity index (χ4n) is 1.44. The molecular weight excluding hydrogens is 248 g/mol. The molecule has 0 aromatic heterocycles. The second kappa shape index (κ2) is 7.38. The molecule has 0 fully saturated rings. The predicted molar refractivity (Wildman–Crippen MR) is 69.8 cm³/mol. The summed E-state index contributed by atoms with van der Waals surface area (Å²) < 4.78 is 4.98. The van der Waals surface area contributed by atoms with Gasteiger partial charge in [0.05, 0.1) is 6.10 Å². The van der Waals surface area contributed by atoms with Crippen molar-refractivity contribution in [3.05, 3.63) is 35.9 Å². The molecule has 6 nitrogen and oxygen atoms in total. The molecule has 0 bridgehead atoms. The van der Waals surface area contributed by atoms with Gasteiger partial charge in [-0.15, -0.1) is 0 Å². The number of methoxy groups -OCH3 is 1. The monoisotopic (exact) mass is 266 g/mol. The highest BCUT2D eigenvalue weighted by atomic mass is 16.5. The van der Waals surface area contributed by atoms with Crippen molar-refractivity contribution in [2.45, 2.75) is 19.1 Å². The van der Waals surface area contributed by atoms with Crippen LogP contribution in [0.4, 0.5) is 4.79 Å². The maximum atomic E-state index is 11.6. The van der Waals surface area contributed by atoms with Crippen LogP contribution in [0.25, 0.3) is 0 Å². The molecule has 0 radical (unpaired) electrons. The Hall–Kier alpha value is -2.08. The second-order valence-corrected chi connectivity index (χ2v) is 4.08. The molecule has 0 aliphatic rings. The SMILES string of the molecule is COC(C)CNC(=O)NC(C(=O)O)c1ccccc1. The van der Waals surface area contributed by atoms with Crippen LogP contribution in [0.1, 0.15) is 18.5 Å². The fourth-order valence-corrected chi connectivity index (χ4v) is 1.44. The minimum Gasteiger partial charge on any atom is -0.479 e. The number of hydrogen-bond donors (Lipinski definition) is 3. The molecule has 0 aliphatic carbocycles. The van der Waals surface area contributed by atoms with Crippen molar-refractivity contribution in [1.29, 1.82) is 0 Å². The standard InChI is InChI=1S/C13H18N2O4/c1-9(19-2)8-14-13(18)15-11(12(16)17)10-6-4-3-5-7-10/h3-7,9,11H,8H2,1-2H3,(H,16,17)(H2,14,15,18). The molecule has 0 spiro atoms. The number of rotatable bonds is 6. The third-order valence-corrected chi connectivity index (χ3v) is 2.61. The minimum absolute atomic E-state index is 0.134. The number of carboxylic acid groups (broad SMARTS) is 1. The number of ether oxygens (including phenoxy) is 1. The van der Waals surface area contributed by atoms with Crippen molar-refractivity contribution >= 4 is 12.0 Å². The Morgan fingerprint density at radius 3 is 2.47 bits per heavy atom. The van der Waals surface area contributed by atoms with Crippen molar-refractivity contribution in [3.63, 3.8) is 0 Å². The Balaban J connectivity index is 2.60. The molecule has 104 valence electrons. The van der Waals surface area contributed by atoms with Crippen molar-refractivity contribution < 1.29 is 19.4 Å². The summed E-state index contributed by atoms with van der Waals surface area (Å²) >= 11 is 0. The minimum atomic E-state index is -1.11. The zero-order chi connectivity index (χ0) is 14.3. The highest BCUT2D eigenvalue weighted by molar-refractivity contribution is 5.83. The third-order valence-electron chi connectivity index (χ3n) is 2.61. The van der Waals surface area contributed by atoms with E-state index < -0.39 is 18.0 Å². The summed E-state index contributed by atoms with van der Waals surface area (Å²) in [5, 5.41) is 14.1. The molecule has 1 rings (SSSR count). The second-order valence-electron chi connectivity index (χ2n) is 4.08. The number of carbonyl (C=O) groups is 2. The van der Waals surface area contributed by atoms with Crippen LogP contribution in [0, 0.1) is 0 Å². The average Bonchev–Trinajstić information content (AvgIpc) is 2.42. The van der Waals surface area contributed by atoms with Crippen LogP contribution in [0.15, 0.2) is 30.3 Å². The van der Waals surface area contributed by atoms with Gasteiger partial charge in [-0.2, -0.15) is 0 Å². The Kier molecular flexibility index (Phi) is 5.81. The lowest BCUT2D eigenvalue weighted by molar-refractivity contribution is -0.139. The molecule has 1 aromatic rings. The predicted octanol–water partition coefficient (Wildman–Crippen LogP) is 1.15. The van der Waals surface area contributed by atoms with Gasteiger partial charge in [0.25, 0.3) is 0 Å². The summed E-state index contributed by atoms with van der Waals surface area (Å²) in [5.74, 6) is -1.11. The van der Waals surface area contributed by atoms with Gasteiger partial charge in [-0.3, -0.25) is 0 Å². The number of carbonyl (C=O) groups excluding carboxylic acids is 1. The van der Waals surface area contributed by atoms with Gasteiger partial charge >= 0.3 is 12.0 Å². The molecule has 2 atom stereocenters. The molecule has 0 aliphatic heterocycles. The number of amides is 2. The molecule has 19 heavy (non-hydrogen) atoms. The van der Waals surface area contributed by atoms with Crippen molar-refractivity contribution in [2.24, 2.45) is 0 Å². The van der Waals surface area contributed by atoms with E-state index in [2.05, 4.69) is 10.6 Å². The largest absolute Gasteiger partial charge is 0.479 e. The number of nitrogens with one attached hydrogen (secondary N) is 2. The maximum Gasteiger partial charge on any atom is 0.330 e. The van der Waals surface area contributed by atoms with Gasteiger partial charge in [0.2, 0.25) is 0 Å². The van der Waals surface area contributed by atoms with Gasteiger partial charge in [0.1, 0.15) is 0 Å². The zero-order valence-electron chi connectivity index (χ0n) is 10.9. The first kappa shape index (κ1) is 15.0. The lowest BCUT2D eigenvalue weighted by Crippen LogP contribution is -2.43.